The van der Waals surface area contributed by atoms with Crippen molar-refractivity contribution in [3.63, 3.8) is 0 Å². The third-order valence-electron chi connectivity index (χ3n) is 5.46. The van der Waals surface area contributed by atoms with Gasteiger partial charge in [-0.2, -0.15) is 0 Å². The van der Waals surface area contributed by atoms with Gasteiger partial charge in [0, 0.05) is 11.1 Å². The van der Waals surface area contributed by atoms with Gasteiger partial charge in [0.05, 0.1) is 0 Å². The molecule has 0 fully saturated rings. The number of rotatable bonds is 6. The molecule has 1 unspecified atom stereocenters. The first-order valence-corrected chi connectivity index (χ1v) is 9.74. The minimum absolute atomic E-state index is 0.177. The van der Waals surface area contributed by atoms with Crippen LogP contribution < -0.4 is 0 Å². The molecule has 0 radical (unpaired) electrons. The van der Waals surface area contributed by atoms with Gasteiger partial charge in [-0.15, -0.1) is 0 Å². The fraction of sp³-hybridized carbons (Fsp3) is 0.391. The Labute approximate surface area is 162 Å². The number of benzene rings is 2. The first-order valence-electron chi connectivity index (χ1n) is 9.74. The van der Waals surface area contributed by atoms with Crippen LogP contribution in [0.4, 0.5) is 22.0 Å². The van der Waals surface area contributed by atoms with Crippen LogP contribution in [0.5, 0.6) is 0 Å². The Morgan fingerprint density at radius 2 is 1.50 bits per heavy atom. The quantitative estimate of drug-likeness (QED) is 0.266. The summed E-state index contributed by atoms with van der Waals surface area (Å²) >= 11 is 0. The Hall–Kier alpha value is -2.17. The summed E-state index contributed by atoms with van der Waals surface area (Å²) < 4.78 is 69.3. The summed E-state index contributed by atoms with van der Waals surface area (Å²) in [5.74, 6) is -6.17. The normalized spacial score (nSPS) is 16.9. The van der Waals surface area contributed by atoms with Crippen LogP contribution in [0.25, 0.3) is 16.7 Å². The molecule has 0 spiro atoms. The average molecular weight is 394 g/mol. The summed E-state index contributed by atoms with van der Waals surface area (Å²) in [7, 11) is 0. The Morgan fingerprint density at radius 1 is 0.857 bits per heavy atom. The van der Waals surface area contributed by atoms with Crippen molar-refractivity contribution in [1.29, 1.82) is 0 Å². The summed E-state index contributed by atoms with van der Waals surface area (Å²) in [6.45, 7) is 2.16. The summed E-state index contributed by atoms with van der Waals surface area (Å²) in [5.41, 5.74) is 0.392. The lowest BCUT2D eigenvalue weighted by Gasteiger charge is -2.22. The molecule has 0 nitrogen and oxygen atoms in total. The molecule has 1 atom stereocenters. The predicted molar refractivity (Wildman–Crippen MR) is 101 cm³/mol. The predicted octanol–water partition coefficient (Wildman–Crippen LogP) is 7.81. The summed E-state index contributed by atoms with van der Waals surface area (Å²) in [6.07, 6.45) is 9.14. The Bertz CT molecular complexity index is 862. The van der Waals surface area contributed by atoms with Crippen molar-refractivity contribution in [2.45, 2.75) is 51.9 Å². The minimum Gasteiger partial charge on any atom is -0.204 e. The summed E-state index contributed by atoms with van der Waals surface area (Å²) in [5, 5.41) is 0. The molecule has 150 valence electrons. The topological polar surface area (TPSA) is 0 Å². The van der Waals surface area contributed by atoms with Gasteiger partial charge in [0.15, 0.2) is 29.1 Å². The van der Waals surface area contributed by atoms with E-state index in [1.165, 1.54) is 31.4 Å². The molecule has 0 saturated heterocycles. The van der Waals surface area contributed by atoms with Crippen LogP contribution in [-0.2, 0) is 0 Å². The highest BCUT2D eigenvalue weighted by molar-refractivity contribution is 5.72. The Balaban J connectivity index is 1.83. The fourth-order valence-electron chi connectivity index (χ4n) is 3.81. The van der Waals surface area contributed by atoms with E-state index in [0.717, 1.165) is 24.8 Å². The van der Waals surface area contributed by atoms with Gasteiger partial charge in [-0.1, -0.05) is 50.8 Å². The van der Waals surface area contributed by atoms with E-state index in [0.29, 0.717) is 24.5 Å². The highest BCUT2D eigenvalue weighted by Crippen LogP contribution is 2.36. The van der Waals surface area contributed by atoms with Gasteiger partial charge >= 0.3 is 0 Å². The first-order chi connectivity index (χ1) is 13.4. The van der Waals surface area contributed by atoms with Crippen LogP contribution in [0.1, 0.15) is 57.4 Å². The van der Waals surface area contributed by atoms with Crippen LogP contribution in [-0.4, -0.2) is 0 Å². The molecule has 0 saturated carbocycles. The minimum atomic E-state index is -1.64. The van der Waals surface area contributed by atoms with E-state index in [4.69, 9.17) is 0 Å². The molecular weight excluding hydrogens is 371 g/mol. The molecule has 0 N–H and O–H groups in total. The van der Waals surface area contributed by atoms with Gasteiger partial charge in [-0.25, -0.2) is 22.0 Å². The number of halogens is 5. The molecule has 28 heavy (non-hydrogen) atoms. The zero-order valence-corrected chi connectivity index (χ0v) is 15.8. The smallest absolute Gasteiger partial charge is 0.194 e. The molecule has 0 aromatic heterocycles. The summed E-state index contributed by atoms with van der Waals surface area (Å²) in [4.78, 5) is 0. The third kappa shape index (κ3) is 4.29. The van der Waals surface area contributed by atoms with E-state index in [9.17, 15) is 22.0 Å². The van der Waals surface area contributed by atoms with E-state index in [1.807, 2.05) is 6.08 Å². The molecule has 5 heteroatoms. The van der Waals surface area contributed by atoms with Crippen molar-refractivity contribution < 1.29 is 22.0 Å². The number of allylic oxidation sites excluding steroid dienone is 2. The van der Waals surface area contributed by atoms with Crippen LogP contribution >= 0.6 is 0 Å². The van der Waals surface area contributed by atoms with Crippen molar-refractivity contribution in [3.8, 4) is 11.1 Å². The SMILES string of the molecule is CCCCCC1CC=C(c2ccc(-c3cc(F)c(F)c(F)c3)c(F)c2F)CC1. The van der Waals surface area contributed by atoms with Crippen LogP contribution in [0.15, 0.2) is 30.3 Å². The first kappa shape index (κ1) is 20.6. The lowest BCUT2D eigenvalue weighted by atomic mass is 9.83. The van der Waals surface area contributed by atoms with Crippen molar-refractivity contribution in [2.24, 2.45) is 5.92 Å². The molecule has 1 aliphatic rings. The second-order valence-corrected chi connectivity index (χ2v) is 7.41. The highest BCUT2D eigenvalue weighted by Gasteiger charge is 2.22. The maximum atomic E-state index is 14.7. The standard InChI is InChI=1S/C23H23F5/c1-2-3-4-5-14-6-8-15(9-7-14)17-10-11-18(22(27)21(17)26)16-12-19(24)23(28)20(25)13-16/h8,10-14H,2-7,9H2,1H3. The molecule has 1 aliphatic carbocycles. The Kier molecular flexibility index (Phi) is 6.53. The van der Waals surface area contributed by atoms with E-state index in [2.05, 4.69) is 6.92 Å². The lowest BCUT2D eigenvalue weighted by Crippen LogP contribution is -2.07. The maximum absolute atomic E-state index is 14.7. The zero-order valence-electron chi connectivity index (χ0n) is 15.8. The van der Waals surface area contributed by atoms with Crippen LogP contribution in [0.3, 0.4) is 0 Å². The average Bonchev–Trinajstić information content (AvgIpc) is 2.69. The van der Waals surface area contributed by atoms with Crippen molar-refractivity contribution in [1.82, 2.24) is 0 Å². The second kappa shape index (κ2) is 8.89. The molecule has 2 aromatic carbocycles. The van der Waals surface area contributed by atoms with E-state index in [-0.39, 0.29) is 16.7 Å². The monoisotopic (exact) mass is 394 g/mol. The van der Waals surface area contributed by atoms with Gasteiger partial charge in [0.25, 0.3) is 0 Å². The summed E-state index contributed by atoms with van der Waals surface area (Å²) in [6, 6.07) is 4.04. The van der Waals surface area contributed by atoms with Crippen molar-refractivity contribution >= 4 is 5.57 Å². The number of unbranched alkanes of at least 4 members (excludes halogenated alkanes) is 2. The molecular formula is C23H23F5. The molecule has 0 heterocycles. The van der Waals surface area contributed by atoms with E-state index in [1.54, 1.807) is 0 Å². The van der Waals surface area contributed by atoms with Crippen molar-refractivity contribution in [3.05, 3.63) is 65.0 Å². The van der Waals surface area contributed by atoms with Crippen molar-refractivity contribution in [2.75, 3.05) is 0 Å². The Morgan fingerprint density at radius 3 is 2.11 bits per heavy atom. The number of hydrogen-bond donors (Lipinski definition) is 0. The van der Waals surface area contributed by atoms with Crippen LogP contribution in [0.2, 0.25) is 0 Å². The number of hydrogen-bond acceptors (Lipinski definition) is 0. The second-order valence-electron chi connectivity index (χ2n) is 7.41. The molecule has 3 rings (SSSR count). The molecule has 0 aliphatic heterocycles. The van der Waals surface area contributed by atoms with Gasteiger partial charge in [0.1, 0.15) is 0 Å². The maximum Gasteiger partial charge on any atom is 0.194 e. The molecule has 0 amide bonds. The molecule has 0 bridgehead atoms. The van der Waals surface area contributed by atoms with Gasteiger partial charge in [0.2, 0.25) is 0 Å². The van der Waals surface area contributed by atoms with Gasteiger partial charge < -0.3 is 0 Å². The van der Waals surface area contributed by atoms with Gasteiger partial charge in [-0.3, -0.25) is 0 Å². The lowest BCUT2D eigenvalue weighted by molar-refractivity contribution is 0.427. The van der Waals surface area contributed by atoms with Crippen LogP contribution in [0, 0.1) is 35.0 Å². The van der Waals surface area contributed by atoms with E-state index >= 15 is 0 Å². The highest BCUT2D eigenvalue weighted by atomic mass is 19.2. The van der Waals surface area contributed by atoms with E-state index < -0.39 is 29.1 Å². The molecule has 2 aromatic rings. The van der Waals surface area contributed by atoms with Gasteiger partial charge in [-0.05, 0) is 48.4 Å². The zero-order chi connectivity index (χ0) is 20.3. The fourth-order valence-corrected chi connectivity index (χ4v) is 3.81. The third-order valence-corrected chi connectivity index (χ3v) is 5.46. The largest absolute Gasteiger partial charge is 0.204 e.